The van der Waals surface area contributed by atoms with Gasteiger partial charge < -0.3 is 15.4 Å². The number of hydrogen-bond donors (Lipinski definition) is 2. The first-order valence-corrected chi connectivity index (χ1v) is 6.08. The van der Waals surface area contributed by atoms with Crippen molar-refractivity contribution in [3.8, 4) is 5.75 Å². The second-order valence-corrected chi connectivity index (χ2v) is 4.01. The Morgan fingerprint density at radius 2 is 2.00 bits per heavy atom. The molecule has 0 aliphatic carbocycles. The zero-order valence-corrected chi connectivity index (χ0v) is 11.3. The monoisotopic (exact) mass is 262 g/mol. The fraction of sp³-hybridized carbons (Fsp3) is 0.417. The van der Waals surface area contributed by atoms with Crippen LogP contribution >= 0.6 is 0 Å². The van der Waals surface area contributed by atoms with Gasteiger partial charge in [-0.1, -0.05) is 0 Å². The van der Waals surface area contributed by atoms with Gasteiger partial charge in [0.25, 0.3) is 0 Å². The summed E-state index contributed by atoms with van der Waals surface area (Å²) in [7, 11) is 3.49. The first kappa shape index (κ1) is 13.1. The molecular formula is C12H18N6O. The maximum atomic E-state index is 5.35. The molecule has 2 aromatic rings. The van der Waals surface area contributed by atoms with E-state index >= 15 is 0 Å². The van der Waals surface area contributed by atoms with E-state index < -0.39 is 0 Å². The molecule has 7 heteroatoms. The Labute approximate surface area is 112 Å². The van der Waals surface area contributed by atoms with Crippen molar-refractivity contribution in [1.29, 1.82) is 0 Å². The fourth-order valence-corrected chi connectivity index (χ4v) is 1.74. The molecule has 0 unspecified atom stereocenters. The van der Waals surface area contributed by atoms with E-state index in [1.54, 1.807) is 11.8 Å². The largest absolute Gasteiger partial charge is 0.490 e. The highest BCUT2D eigenvalue weighted by molar-refractivity contribution is 5.63. The number of aryl methyl sites for hydroxylation is 1. The van der Waals surface area contributed by atoms with E-state index in [1.165, 1.54) is 6.33 Å². The van der Waals surface area contributed by atoms with Crippen molar-refractivity contribution in [3.63, 3.8) is 0 Å². The average Bonchev–Trinajstić information content (AvgIpc) is 2.83. The minimum absolute atomic E-state index is 0.619. The molecule has 0 fully saturated rings. The standard InChI is InChI=1S/C12H18N6O/c1-4-13-11-10(19-3)12(16-8-15-11)14-5-9-6-17-18(2)7-9/h6-8H,4-5H2,1-3H3,(H2,13,14,15,16). The molecule has 2 rings (SSSR count). The zero-order valence-electron chi connectivity index (χ0n) is 11.3. The van der Waals surface area contributed by atoms with Crippen molar-refractivity contribution in [1.82, 2.24) is 19.7 Å². The van der Waals surface area contributed by atoms with Gasteiger partial charge in [0.1, 0.15) is 6.33 Å². The van der Waals surface area contributed by atoms with Crippen LogP contribution in [0.25, 0.3) is 0 Å². The van der Waals surface area contributed by atoms with Gasteiger partial charge in [-0.05, 0) is 6.92 Å². The molecule has 0 amide bonds. The Morgan fingerprint density at radius 1 is 1.26 bits per heavy atom. The Hall–Kier alpha value is -2.31. The Kier molecular flexibility index (Phi) is 4.17. The summed E-state index contributed by atoms with van der Waals surface area (Å²) in [5.74, 6) is 1.97. The summed E-state index contributed by atoms with van der Waals surface area (Å²) in [6.07, 6.45) is 5.27. The Balaban J connectivity index is 2.13. The van der Waals surface area contributed by atoms with Crippen LogP contribution in [0.15, 0.2) is 18.7 Å². The molecule has 0 spiro atoms. The molecule has 0 saturated carbocycles. The molecule has 2 heterocycles. The number of ether oxygens (including phenoxy) is 1. The lowest BCUT2D eigenvalue weighted by molar-refractivity contribution is 0.414. The molecule has 0 atom stereocenters. The van der Waals surface area contributed by atoms with E-state index in [-0.39, 0.29) is 0 Å². The van der Waals surface area contributed by atoms with Crippen molar-refractivity contribution >= 4 is 11.6 Å². The van der Waals surface area contributed by atoms with Gasteiger partial charge in [-0.25, -0.2) is 9.97 Å². The van der Waals surface area contributed by atoms with Crippen LogP contribution in [0.1, 0.15) is 12.5 Å². The molecule has 0 aromatic carbocycles. The van der Waals surface area contributed by atoms with E-state index in [0.717, 1.165) is 12.1 Å². The van der Waals surface area contributed by atoms with E-state index in [0.29, 0.717) is 23.9 Å². The predicted molar refractivity (Wildman–Crippen MR) is 73.3 cm³/mol. The van der Waals surface area contributed by atoms with Gasteiger partial charge in [-0.15, -0.1) is 0 Å². The van der Waals surface area contributed by atoms with Gasteiger partial charge in [0, 0.05) is 31.9 Å². The molecule has 2 aromatic heterocycles. The number of aromatic nitrogens is 4. The second kappa shape index (κ2) is 6.03. The van der Waals surface area contributed by atoms with E-state index in [4.69, 9.17) is 4.74 Å². The predicted octanol–water partition coefficient (Wildman–Crippen LogP) is 1.26. The molecule has 7 nitrogen and oxygen atoms in total. The molecule has 0 radical (unpaired) electrons. The molecular weight excluding hydrogens is 244 g/mol. The van der Waals surface area contributed by atoms with Crippen LogP contribution in [-0.2, 0) is 13.6 Å². The van der Waals surface area contributed by atoms with Crippen molar-refractivity contribution < 1.29 is 4.74 Å². The lowest BCUT2D eigenvalue weighted by Crippen LogP contribution is -2.08. The second-order valence-electron chi connectivity index (χ2n) is 4.01. The summed E-state index contributed by atoms with van der Waals surface area (Å²) in [5, 5.41) is 10.5. The number of nitrogens with one attached hydrogen (secondary N) is 2. The topological polar surface area (TPSA) is 76.9 Å². The Morgan fingerprint density at radius 3 is 2.58 bits per heavy atom. The number of methoxy groups -OCH3 is 1. The first-order chi connectivity index (χ1) is 9.24. The molecule has 19 heavy (non-hydrogen) atoms. The van der Waals surface area contributed by atoms with Gasteiger partial charge >= 0.3 is 0 Å². The zero-order chi connectivity index (χ0) is 13.7. The van der Waals surface area contributed by atoms with Gasteiger partial charge in [-0.3, -0.25) is 4.68 Å². The van der Waals surface area contributed by atoms with Crippen LogP contribution in [-0.4, -0.2) is 33.4 Å². The fourth-order valence-electron chi connectivity index (χ4n) is 1.74. The average molecular weight is 262 g/mol. The highest BCUT2D eigenvalue weighted by atomic mass is 16.5. The highest BCUT2D eigenvalue weighted by Gasteiger charge is 2.11. The molecule has 0 aliphatic heterocycles. The summed E-state index contributed by atoms with van der Waals surface area (Å²) in [6.45, 7) is 3.41. The van der Waals surface area contributed by atoms with Crippen LogP contribution in [0.2, 0.25) is 0 Å². The van der Waals surface area contributed by atoms with Gasteiger partial charge in [0.15, 0.2) is 11.6 Å². The summed E-state index contributed by atoms with van der Waals surface area (Å²) >= 11 is 0. The van der Waals surface area contributed by atoms with E-state index in [1.807, 2.05) is 26.4 Å². The molecule has 2 N–H and O–H groups in total. The molecule has 0 aliphatic rings. The SMILES string of the molecule is CCNc1ncnc(NCc2cnn(C)c2)c1OC. The van der Waals surface area contributed by atoms with Crippen LogP contribution in [0.4, 0.5) is 11.6 Å². The highest BCUT2D eigenvalue weighted by Crippen LogP contribution is 2.28. The third-order valence-electron chi connectivity index (χ3n) is 2.57. The van der Waals surface area contributed by atoms with Crippen LogP contribution in [0, 0.1) is 0 Å². The number of rotatable bonds is 6. The summed E-state index contributed by atoms with van der Waals surface area (Å²) in [4.78, 5) is 8.36. The summed E-state index contributed by atoms with van der Waals surface area (Å²) in [5.41, 5.74) is 1.08. The lowest BCUT2D eigenvalue weighted by atomic mass is 10.3. The van der Waals surface area contributed by atoms with Gasteiger partial charge in [-0.2, -0.15) is 5.10 Å². The van der Waals surface area contributed by atoms with Crippen LogP contribution in [0.5, 0.6) is 5.75 Å². The molecule has 0 saturated heterocycles. The van der Waals surface area contributed by atoms with Crippen LogP contribution in [0.3, 0.4) is 0 Å². The van der Waals surface area contributed by atoms with Crippen molar-refractivity contribution in [2.24, 2.45) is 7.05 Å². The van der Waals surface area contributed by atoms with Gasteiger partial charge in [0.05, 0.1) is 13.3 Å². The number of nitrogens with zero attached hydrogens (tertiary/aromatic N) is 4. The summed E-state index contributed by atoms with van der Waals surface area (Å²) < 4.78 is 7.11. The van der Waals surface area contributed by atoms with E-state index in [9.17, 15) is 0 Å². The van der Waals surface area contributed by atoms with Crippen molar-refractivity contribution in [3.05, 3.63) is 24.3 Å². The molecule has 102 valence electrons. The normalized spacial score (nSPS) is 10.3. The minimum Gasteiger partial charge on any atom is -0.490 e. The van der Waals surface area contributed by atoms with Crippen molar-refractivity contribution in [2.45, 2.75) is 13.5 Å². The number of anilines is 2. The third-order valence-corrected chi connectivity index (χ3v) is 2.57. The lowest BCUT2D eigenvalue weighted by Gasteiger charge is -2.12. The minimum atomic E-state index is 0.619. The van der Waals surface area contributed by atoms with Crippen molar-refractivity contribution in [2.75, 3.05) is 24.3 Å². The maximum absolute atomic E-state index is 5.35. The first-order valence-electron chi connectivity index (χ1n) is 6.08. The Bertz CT molecular complexity index is 539. The van der Waals surface area contributed by atoms with Crippen LogP contribution < -0.4 is 15.4 Å². The quantitative estimate of drug-likeness (QED) is 0.816. The summed E-state index contributed by atoms with van der Waals surface area (Å²) in [6, 6.07) is 0. The van der Waals surface area contributed by atoms with E-state index in [2.05, 4.69) is 25.7 Å². The smallest absolute Gasteiger partial charge is 0.204 e. The maximum Gasteiger partial charge on any atom is 0.204 e. The third kappa shape index (κ3) is 3.12. The molecule has 0 bridgehead atoms. The number of hydrogen-bond acceptors (Lipinski definition) is 6. The van der Waals surface area contributed by atoms with Gasteiger partial charge in [0.2, 0.25) is 5.75 Å².